The van der Waals surface area contributed by atoms with Crippen molar-refractivity contribution in [3.63, 3.8) is 0 Å². The van der Waals surface area contributed by atoms with Crippen LogP contribution in [-0.4, -0.2) is 74.8 Å². The molecule has 0 saturated carbocycles. The van der Waals surface area contributed by atoms with Crippen molar-refractivity contribution in [2.24, 2.45) is 17.4 Å². The molecule has 0 radical (unpaired) electrons. The van der Waals surface area contributed by atoms with Crippen molar-refractivity contribution in [1.82, 2.24) is 20.9 Å². The Hall–Kier alpha value is -4.79. The number of carbonyl (C=O) groups excluding carboxylic acids is 6. The fraction of sp³-hybridized carbons (Fsp3) is 0.419. The van der Waals surface area contributed by atoms with Gasteiger partial charge in [-0.2, -0.15) is 0 Å². The molecule has 0 spiro atoms. The van der Waals surface area contributed by atoms with Crippen molar-refractivity contribution in [3.05, 3.63) is 65.7 Å². The summed E-state index contributed by atoms with van der Waals surface area (Å²) in [5.74, 6) is -4.35. The maximum absolute atomic E-state index is 14.0. The summed E-state index contributed by atoms with van der Waals surface area (Å²) in [7, 11) is -4.80. The quantitative estimate of drug-likeness (QED) is 0.0971. The molecule has 262 valence electrons. The first-order valence-electron chi connectivity index (χ1n) is 15.0. The maximum Gasteiger partial charge on any atom is 0.524 e. The number of carbonyl (C=O) groups is 6. The second-order valence-corrected chi connectivity index (χ2v) is 12.7. The molecule has 0 aliphatic carbocycles. The molecule has 3 atom stereocenters. The Labute approximate surface area is 278 Å². The van der Waals surface area contributed by atoms with Gasteiger partial charge in [-0.15, -0.1) is 0 Å². The molecule has 0 heterocycles. The highest BCUT2D eigenvalue weighted by Gasteiger charge is 2.31. The van der Waals surface area contributed by atoms with Crippen LogP contribution < -0.4 is 31.9 Å². The molecule has 0 bridgehead atoms. The van der Waals surface area contributed by atoms with Crippen molar-refractivity contribution in [3.8, 4) is 5.75 Å². The van der Waals surface area contributed by atoms with Gasteiger partial charge in [-0.1, -0.05) is 56.3 Å². The van der Waals surface area contributed by atoms with Gasteiger partial charge < -0.3 is 36.8 Å². The van der Waals surface area contributed by atoms with Crippen LogP contribution >= 0.6 is 7.82 Å². The van der Waals surface area contributed by atoms with Gasteiger partial charge in [0.15, 0.2) is 0 Å². The predicted octanol–water partition coefficient (Wildman–Crippen LogP) is 0.000600. The fourth-order valence-electron chi connectivity index (χ4n) is 4.70. The minimum absolute atomic E-state index is 0.0285. The molecule has 0 aromatic heterocycles. The molecular formula is C31H43N6O10P. The molecule has 9 N–H and O–H groups in total. The largest absolute Gasteiger partial charge is 0.524 e. The van der Waals surface area contributed by atoms with E-state index in [1.54, 1.807) is 30.3 Å². The summed E-state index contributed by atoms with van der Waals surface area (Å²) in [6, 6.07) is 10.5. The van der Waals surface area contributed by atoms with Gasteiger partial charge in [-0.25, -0.2) is 4.57 Å². The lowest BCUT2D eigenvalue weighted by atomic mass is 10.0. The minimum atomic E-state index is -4.80. The van der Waals surface area contributed by atoms with Crippen molar-refractivity contribution < 1.29 is 47.6 Å². The van der Waals surface area contributed by atoms with Crippen molar-refractivity contribution in [2.45, 2.75) is 71.1 Å². The zero-order valence-corrected chi connectivity index (χ0v) is 27.9. The highest BCUT2D eigenvalue weighted by atomic mass is 31.2. The Bertz CT molecular complexity index is 1480. The van der Waals surface area contributed by atoms with Crippen LogP contribution in [0.5, 0.6) is 5.75 Å². The zero-order chi connectivity index (χ0) is 36.0. The van der Waals surface area contributed by atoms with Crippen LogP contribution in [0.4, 0.5) is 0 Å². The molecule has 2 rings (SSSR count). The number of nitrogens with zero attached hydrogens (tertiary/aromatic N) is 1. The lowest BCUT2D eigenvalue weighted by Gasteiger charge is -2.29. The monoisotopic (exact) mass is 690 g/mol. The molecule has 0 unspecified atom stereocenters. The summed E-state index contributed by atoms with van der Waals surface area (Å²) in [5, 5.41) is 7.65. The van der Waals surface area contributed by atoms with E-state index < -0.39 is 67.9 Å². The number of hydrogen-bond acceptors (Lipinski definition) is 8. The molecule has 2 aromatic rings. The third kappa shape index (κ3) is 14.8. The molecule has 2 aromatic carbocycles. The van der Waals surface area contributed by atoms with Crippen molar-refractivity contribution >= 4 is 43.3 Å². The van der Waals surface area contributed by atoms with E-state index in [0.29, 0.717) is 11.1 Å². The number of rotatable bonds is 19. The van der Waals surface area contributed by atoms with E-state index >= 15 is 0 Å². The standard InChI is InChI=1S/C31H43N6O10P/c1-19(2)15-25(29(33)41)35-28(40)18-37(17-22-7-5-4-6-8-22)31(43)24(13-14-27(32)39)36-30(42)26(34-20(3)38)16-21-9-11-23(12-10-21)47-48(44,45)46/h4-12,19,24-26H,13-18H2,1-3H3,(H2,32,39)(H2,33,41)(H,34,38)(H,35,40)(H,36,42)(H2,44,45,46)/t24-,25-,26-/m0/s1. The minimum Gasteiger partial charge on any atom is -0.404 e. The Morgan fingerprint density at radius 2 is 1.48 bits per heavy atom. The summed E-state index contributed by atoms with van der Waals surface area (Å²) >= 11 is 0. The third-order valence-electron chi connectivity index (χ3n) is 6.82. The Morgan fingerprint density at radius 1 is 0.854 bits per heavy atom. The number of amides is 6. The average Bonchev–Trinajstić information content (AvgIpc) is 2.98. The van der Waals surface area contributed by atoms with E-state index in [-0.39, 0.29) is 43.9 Å². The Balaban J connectivity index is 2.36. The van der Waals surface area contributed by atoms with Crippen LogP contribution in [0.2, 0.25) is 0 Å². The zero-order valence-electron chi connectivity index (χ0n) is 27.0. The van der Waals surface area contributed by atoms with Crippen LogP contribution in [0.25, 0.3) is 0 Å². The van der Waals surface area contributed by atoms with Gasteiger partial charge in [0, 0.05) is 26.3 Å². The number of nitrogens with two attached hydrogens (primary N) is 2. The van der Waals surface area contributed by atoms with Gasteiger partial charge >= 0.3 is 7.82 Å². The van der Waals surface area contributed by atoms with Gasteiger partial charge in [0.2, 0.25) is 35.4 Å². The van der Waals surface area contributed by atoms with E-state index in [9.17, 15) is 33.3 Å². The first-order chi connectivity index (χ1) is 22.4. The number of hydrogen-bond donors (Lipinski definition) is 7. The summed E-state index contributed by atoms with van der Waals surface area (Å²) in [6.45, 7) is 4.30. The van der Waals surface area contributed by atoms with Crippen LogP contribution in [0.3, 0.4) is 0 Å². The van der Waals surface area contributed by atoms with Crippen molar-refractivity contribution in [1.29, 1.82) is 0 Å². The molecule has 0 fully saturated rings. The Kier molecular flexibility index (Phi) is 15.2. The van der Waals surface area contributed by atoms with Crippen LogP contribution in [0.1, 0.15) is 51.2 Å². The lowest BCUT2D eigenvalue weighted by molar-refractivity contribution is -0.141. The second kappa shape index (κ2) is 18.5. The van der Waals surface area contributed by atoms with E-state index in [4.69, 9.17) is 21.3 Å². The normalized spacial score (nSPS) is 13.0. The number of benzene rings is 2. The number of nitrogens with one attached hydrogen (secondary N) is 3. The Morgan fingerprint density at radius 3 is 2.00 bits per heavy atom. The van der Waals surface area contributed by atoms with E-state index in [1.165, 1.54) is 31.2 Å². The third-order valence-corrected chi connectivity index (χ3v) is 7.27. The topological polar surface area (TPSA) is 261 Å². The maximum atomic E-state index is 14.0. The summed E-state index contributed by atoms with van der Waals surface area (Å²) in [6.07, 6.45) is -0.356. The molecule has 0 aliphatic rings. The molecule has 17 heteroatoms. The second-order valence-electron chi connectivity index (χ2n) is 11.6. The van der Waals surface area contributed by atoms with Gasteiger partial charge in [-0.05, 0) is 42.0 Å². The molecule has 0 aliphatic heterocycles. The average molecular weight is 691 g/mol. The van der Waals surface area contributed by atoms with Gasteiger partial charge in [0.1, 0.15) is 23.9 Å². The van der Waals surface area contributed by atoms with E-state index in [1.807, 2.05) is 13.8 Å². The number of phosphoric ester groups is 1. The first kappa shape index (κ1) is 39.4. The first-order valence-corrected chi connectivity index (χ1v) is 16.6. The number of phosphoric acid groups is 1. The fourth-order valence-corrected chi connectivity index (χ4v) is 5.09. The molecule has 16 nitrogen and oxygen atoms in total. The van der Waals surface area contributed by atoms with Crippen LogP contribution in [0, 0.1) is 5.92 Å². The van der Waals surface area contributed by atoms with Gasteiger partial charge in [0.05, 0.1) is 6.54 Å². The molecular weight excluding hydrogens is 647 g/mol. The molecule has 6 amide bonds. The van der Waals surface area contributed by atoms with Crippen LogP contribution in [-0.2, 0) is 46.3 Å². The smallest absolute Gasteiger partial charge is 0.404 e. The number of primary amides is 2. The van der Waals surface area contributed by atoms with Gasteiger partial charge in [-0.3, -0.25) is 38.6 Å². The SMILES string of the molecule is CC(=O)N[C@@H](Cc1ccc(OP(=O)(O)O)cc1)C(=O)N[C@@H](CCC(N)=O)C(=O)N(CC(=O)N[C@@H](CC(C)C)C(N)=O)Cc1ccccc1. The highest BCUT2D eigenvalue weighted by molar-refractivity contribution is 7.46. The molecule has 0 saturated heterocycles. The summed E-state index contributed by atoms with van der Waals surface area (Å²) < 4.78 is 15.6. The summed E-state index contributed by atoms with van der Waals surface area (Å²) in [5.41, 5.74) is 11.9. The molecule has 48 heavy (non-hydrogen) atoms. The lowest BCUT2D eigenvalue weighted by Crippen LogP contribution is -2.56. The summed E-state index contributed by atoms with van der Waals surface area (Å²) in [4.78, 5) is 95.6. The van der Waals surface area contributed by atoms with E-state index in [0.717, 1.165) is 4.90 Å². The van der Waals surface area contributed by atoms with E-state index in [2.05, 4.69) is 20.5 Å². The highest BCUT2D eigenvalue weighted by Crippen LogP contribution is 2.37. The van der Waals surface area contributed by atoms with Crippen LogP contribution in [0.15, 0.2) is 54.6 Å². The van der Waals surface area contributed by atoms with Gasteiger partial charge in [0.25, 0.3) is 0 Å². The predicted molar refractivity (Wildman–Crippen MR) is 173 cm³/mol. The van der Waals surface area contributed by atoms with Crippen molar-refractivity contribution in [2.75, 3.05) is 6.54 Å².